The van der Waals surface area contributed by atoms with Crippen LogP contribution in [0.1, 0.15) is 24.0 Å². The van der Waals surface area contributed by atoms with Gasteiger partial charge in [-0.05, 0) is 90.2 Å². The molecule has 2 N–H and O–H groups in total. The molecule has 0 aliphatic carbocycles. The van der Waals surface area contributed by atoms with Gasteiger partial charge in [0.15, 0.2) is 0 Å². The maximum atomic E-state index is 3.62. The zero-order valence-corrected chi connectivity index (χ0v) is 20.8. The summed E-state index contributed by atoms with van der Waals surface area (Å²) in [6, 6.07) is 9.26. The largest absolute Gasteiger partial charge is 0.316 e. The highest BCUT2D eigenvalue weighted by molar-refractivity contribution is 5.23. The van der Waals surface area contributed by atoms with Crippen molar-refractivity contribution in [2.45, 2.75) is 25.7 Å². The first-order valence-electron chi connectivity index (χ1n) is 13.0. The first kappa shape index (κ1) is 25.6. The highest BCUT2D eigenvalue weighted by atomic mass is 15.2. The summed E-state index contributed by atoms with van der Waals surface area (Å²) in [5.41, 5.74) is 2.89. The topological polar surface area (TPSA) is 37.0 Å². The molecule has 6 heteroatoms. The Morgan fingerprint density at radius 2 is 0.938 bits per heavy atom. The van der Waals surface area contributed by atoms with Gasteiger partial charge in [-0.3, -0.25) is 0 Å². The molecule has 0 bridgehead atoms. The molecular formula is C26H48N6. The summed E-state index contributed by atoms with van der Waals surface area (Å²) in [5.74, 6) is 0. The van der Waals surface area contributed by atoms with E-state index >= 15 is 0 Å². The van der Waals surface area contributed by atoms with E-state index in [1.54, 1.807) is 0 Å². The number of nitrogens with one attached hydrogen (secondary N) is 2. The van der Waals surface area contributed by atoms with E-state index in [1.165, 1.54) is 89.4 Å². The lowest BCUT2D eigenvalue weighted by Crippen LogP contribution is -2.45. The standard InChI is InChI=1S/C26H48N6/c1-29-17-21-31(22-18-29)15-3-11-27-13-9-25-5-7-26(8-6-25)10-14-28-12-4-16-32-23-19-30(2)20-24-32/h5-8,27-28H,3-4,9-24H2,1-2H3. The van der Waals surface area contributed by atoms with Gasteiger partial charge in [-0.2, -0.15) is 0 Å². The van der Waals surface area contributed by atoms with Crippen molar-refractivity contribution in [1.82, 2.24) is 30.2 Å². The van der Waals surface area contributed by atoms with E-state index in [0.717, 1.165) is 39.0 Å². The van der Waals surface area contributed by atoms with Crippen LogP contribution in [0, 0.1) is 0 Å². The van der Waals surface area contributed by atoms with Crippen molar-refractivity contribution in [3.05, 3.63) is 35.4 Å². The highest BCUT2D eigenvalue weighted by Crippen LogP contribution is 2.06. The third-order valence-corrected chi connectivity index (χ3v) is 7.05. The molecule has 1 aromatic carbocycles. The molecule has 2 fully saturated rings. The van der Waals surface area contributed by atoms with Crippen molar-refractivity contribution in [1.29, 1.82) is 0 Å². The highest BCUT2D eigenvalue weighted by Gasteiger charge is 2.13. The van der Waals surface area contributed by atoms with Gasteiger partial charge in [-0.15, -0.1) is 0 Å². The van der Waals surface area contributed by atoms with Crippen LogP contribution in [-0.2, 0) is 12.8 Å². The van der Waals surface area contributed by atoms with Gasteiger partial charge >= 0.3 is 0 Å². The molecule has 0 unspecified atom stereocenters. The molecular weight excluding hydrogens is 396 g/mol. The molecule has 2 aliphatic rings. The Balaban J connectivity index is 1.14. The second kappa shape index (κ2) is 15.0. The summed E-state index contributed by atoms with van der Waals surface area (Å²) < 4.78 is 0. The molecule has 0 saturated carbocycles. The number of hydrogen-bond acceptors (Lipinski definition) is 6. The van der Waals surface area contributed by atoms with Gasteiger partial charge in [0, 0.05) is 52.4 Å². The number of likely N-dealkylation sites (N-methyl/N-ethyl adjacent to an activating group) is 2. The summed E-state index contributed by atoms with van der Waals surface area (Å²) in [4.78, 5) is 10.0. The SMILES string of the molecule is CN1CCN(CCCNCCc2ccc(CCNCCCN3CCN(C)CC3)cc2)CC1. The van der Waals surface area contributed by atoms with Gasteiger partial charge in [0.1, 0.15) is 0 Å². The molecule has 3 rings (SSSR count). The molecule has 0 radical (unpaired) electrons. The summed E-state index contributed by atoms with van der Waals surface area (Å²) in [6.07, 6.45) is 4.76. The minimum Gasteiger partial charge on any atom is -0.316 e. The average Bonchev–Trinajstić information content (AvgIpc) is 2.81. The summed E-state index contributed by atoms with van der Waals surface area (Å²) in [5, 5.41) is 7.25. The van der Waals surface area contributed by atoms with Crippen LogP contribution in [0.5, 0.6) is 0 Å². The molecule has 0 atom stereocenters. The van der Waals surface area contributed by atoms with Crippen LogP contribution in [0.4, 0.5) is 0 Å². The van der Waals surface area contributed by atoms with Crippen LogP contribution in [0.25, 0.3) is 0 Å². The summed E-state index contributed by atoms with van der Waals surface area (Å²) in [7, 11) is 4.44. The van der Waals surface area contributed by atoms with Crippen LogP contribution in [0.2, 0.25) is 0 Å². The maximum absolute atomic E-state index is 3.62. The average molecular weight is 445 g/mol. The van der Waals surface area contributed by atoms with Crippen LogP contribution in [0.3, 0.4) is 0 Å². The number of benzene rings is 1. The summed E-state index contributed by atoms with van der Waals surface area (Å²) >= 11 is 0. The fourth-order valence-corrected chi connectivity index (χ4v) is 4.59. The predicted molar refractivity (Wildman–Crippen MR) is 137 cm³/mol. The molecule has 32 heavy (non-hydrogen) atoms. The third-order valence-electron chi connectivity index (χ3n) is 7.05. The lowest BCUT2D eigenvalue weighted by atomic mass is 10.1. The maximum Gasteiger partial charge on any atom is 0.0110 e. The van der Waals surface area contributed by atoms with Gasteiger partial charge in [0.05, 0.1) is 0 Å². The van der Waals surface area contributed by atoms with Crippen molar-refractivity contribution in [2.75, 3.05) is 106 Å². The van der Waals surface area contributed by atoms with Gasteiger partial charge in [-0.1, -0.05) is 24.3 Å². The van der Waals surface area contributed by atoms with E-state index in [2.05, 4.69) is 68.6 Å². The molecule has 182 valence electrons. The van der Waals surface area contributed by atoms with Crippen molar-refractivity contribution in [3.63, 3.8) is 0 Å². The molecule has 2 aliphatic heterocycles. The zero-order chi connectivity index (χ0) is 22.4. The van der Waals surface area contributed by atoms with Crippen LogP contribution >= 0.6 is 0 Å². The molecule has 0 amide bonds. The Labute approximate surface area is 197 Å². The van der Waals surface area contributed by atoms with Crippen molar-refractivity contribution in [3.8, 4) is 0 Å². The number of piperazine rings is 2. The van der Waals surface area contributed by atoms with Gasteiger partial charge in [0.25, 0.3) is 0 Å². The fraction of sp³-hybridized carbons (Fsp3) is 0.769. The van der Waals surface area contributed by atoms with Gasteiger partial charge < -0.3 is 30.2 Å². The smallest absolute Gasteiger partial charge is 0.0110 e. The Morgan fingerprint density at radius 3 is 1.31 bits per heavy atom. The Hall–Kier alpha value is -1.02. The number of rotatable bonds is 14. The van der Waals surface area contributed by atoms with E-state index in [1.807, 2.05) is 0 Å². The fourth-order valence-electron chi connectivity index (χ4n) is 4.59. The van der Waals surface area contributed by atoms with E-state index in [4.69, 9.17) is 0 Å². The number of nitrogens with zero attached hydrogens (tertiary/aromatic N) is 4. The first-order chi connectivity index (χ1) is 15.7. The second-order valence-corrected chi connectivity index (χ2v) is 9.81. The van der Waals surface area contributed by atoms with Gasteiger partial charge in [-0.25, -0.2) is 0 Å². The second-order valence-electron chi connectivity index (χ2n) is 9.81. The molecule has 6 nitrogen and oxygen atoms in total. The van der Waals surface area contributed by atoms with Crippen molar-refractivity contribution in [2.24, 2.45) is 0 Å². The Morgan fingerprint density at radius 1 is 0.562 bits per heavy atom. The monoisotopic (exact) mass is 444 g/mol. The van der Waals surface area contributed by atoms with E-state index in [0.29, 0.717) is 0 Å². The predicted octanol–water partition coefficient (Wildman–Crippen LogP) is 1.23. The normalized spacial score (nSPS) is 19.6. The minimum absolute atomic E-state index is 1.08. The third kappa shape index (κ3) is 10.3. The zero-order valence-electron chi connectivity index (χ0n) is 20.8. The molecule has 2 heterocycles. The molecule has 0 aromatic heterocycles. The van der Waals surface area contributed by atoms with Crippen molar-refractivity contribution < 1.29 is 0 Å². The van der Waals surface area contributed by atoms with Crippen LogP contribution in [0.15, 0.2) is 24.3 Å². The first-order valence-corrected chi connectivity index (χ1v) is 13.0. The lowest BCUT2D eigenvalue weighted by molar-refractivity contribution is 0.153. The molecule has 0 spiro atoms. The van der Waals surface area contributed by atoms with E-state index in [-0.39, 0.29) is 0 Å². The Kier molecular flexibility index (Phi) is 12.0. The lowest BCUT2D eigenvalue weighted by Gasteiger charge is -2.32. The number of hydrogen-bond donors (Lipinski definition) is 2. The van der Waals surface area contributed by atoms with Crippen molar-refractivity contribution >= 4 is 0 Å². The van der Waals surface area contributed by atoms with E-state index in [9.17, 15) is 0 Å². The van der Waals surface area contributed by atoms with Crippen LogP contribution in [-0.4, -0.2) is 125 Å². The molecule has 1 aromatic rings. The van der Waals surface area contributed by atoms with E-state index < -0.39 is 0 Å². The summed E-state index contributed by atoms with van der Waals surface area (Å²) in [6.45, 7) is 16.7. The molecule has 2 saturated heterocycles. The quantitative estimate of drug-likeness (QED) is 0.421. The van der Waals surface area contributed by atoms with Gasteiger partial charge in [0.2, 0.25) is 0 Å². The van der Waals surface area contributed by atoms with Crippen LogP contribution < -0.4 is 10.6 Å². The minimum atomic E-state index is 1.08. The Bertz CT molecular complexity index is 538.